The Hall–Kier alpha value is -0.860. The van der Waals surface area contributed by atoms with Crippen molar-refractivity contribution in [2.45, 2.75) is 26.9 Å². The molecule has 0 spiro atoms. The molecule has 0 aromatic heterocycles. The van der Waals surface area contributed by atoms with Crippen molar-refractivity contribution in [3.8, 4) is 0 Å². The van der Waals surface area contributed by atoms with Crippen molar-refractivity contribution in [1.29, 1.82) is 0 Å². The summed E-state index contributed by atoms with van der Waals surface area (Å²) >= 11 is 0. The summed E-state index contributed by atoms with van der Waals surface area (Å²) < 4.78 is 0. The highest BCUT2D eigenvalue weighted by Crippen LogP contribution is 2.04. The molecule has 1 aromatic rings. The summed E-state index contributed by atoms with van der Waals surface area (Å²) in [4.78, 5) is 0. The molecule has 1 aromatic carbocycles. The quantitative estimate of drug-likeness (QED) is 0.719. The lowest BCUT2D eigenvalue weighted by Gasteiger charge is -2.06. The minimum absolute atomic E-state index is 0.969. The van der Waals surface area contributed by atoms with Crippen LogP contribution in [0.5, 0.6) is 0 Å². The molecule has 0 saturated heterocycles. The molecule has 0 aliphatic heterocycles. The second-order valence-electron chi connectivity index (χ2n) is 3.38. The van der Waals surface area contributed by atoms with Gasteiger partial charge in [0.1, 0.15) is 0 Å². The minimum Gasteiger partial charge on any atom is -0.313 e. The Morgan fingerprint density at radius 3 is 1.86 bits per heavy atom. The fourth-order valence-corrected chi connectivity index (χ4v) is 1.39. The van der Waals surface area contributed by atoms with Gasteiger partial charge >= 0.3 is 0 Å². The molecule has 2 nitrogen and oxygen atoms in total. The van der Waals surface area contributed by atoms with E-state index in [1.807, 2.05) is 0 Å². The molecule has 0 bridgehead atoms. The lowest BCUT2D eigenvalue weighted by Crippen LogP contribution is -2.14. The number of hydrogen-bond donors (Lipinski definition) is 2. The standard InChI is InChI=1S/C12H20N2/c1-3-13-9-11-6-5-7-12(8-11)10-14-4-2/h5-8,13-14H,3-4,9-10H2,1-2H3. The maximum Gasteiger partial charge on any atom is 0.0205 e. The zero-order valence-corrected chi connectivity index (χ0v) is 9.14. The highest BCUT2D eigenvalue weighted by Gasteiger charge is 1.94. The van der Waals surface area contributed by atoms with Gasteiger partial charge in [-0.15, -0.1) is 0 Å². The lowest BCUT2D eigenvalue weighted by molar-refractivity contribution is 0.713. The van der Waals surface area contributed by atoms with Gasteiger partial charge in [-0.3, -0.25) is 0 Å². The average molecular weight is 192 g/mol. The molecule has 0 amide bonds. The van der Waals surface area contributed by atoms with E-state index in [0.29, 0.717) is 0 Å². The predicted molar refractivity (Wildman–Crippen MR) is 61.2 cm³/mol. The third kappa shape index (κ3) is 3.90. The molecule has 0 aliphatic rings. The molecule has 0 aliphatic carbocycles. The Kier molecular flexibility index (Phi) is 5.27. The molecule has 0 unspecified atom stereocenters. The van der Waals surface area contributed by atoms with Crippen molar-refractivity contribution in [2.75, 3.05) is 13.1 Å². The first-order valence-electron chi connectivity index (χ1n) is 5.36. The Balaban J connectivity index is 2.50. The van der Waals surface area contributed by atoms with Gasteiger partial charge in [-0.05, 0) is 24.2 Å². The van der Waals surface area contributed by atoms with Gasteiger partial charge in [0.2, 0.25) is 0 Å². The summed E-state index contributed by atoms with van der Waals surface area (Å²) in [7, 11) is 0. The van der Waals surface area contributed by atoms with E-state index in [0.717, 1.165) is 26.2 Å². The van der Waals surface area contributed by atoms with Crippen molar-refractivity contribution in [2.24, 2.45) is 0 Å². The van der Waals surface area contributed by atoms with Crippen molar-refractivity contribution >= 4 is 0 Å². The van der Waals surface area contributed by atoms with E-state index in [1.165, 1.54) is 11.1 Å². The maximum atomic E-state index is 3.33. The molecular weight excluding hydrogens is 172 g/mol. The Labute approximate surface area is 86.7 Å². The van der Waals surface area contributed by atoms with Crippen molar-refractivity contribution in [3.05, 3.63) is 35.4 Å². The van der Waals surface area contributed by atoms with Gasteiger partial charge in [-0.25, -0.2) is 0 Å². The van der Waals surface area contributed by atoms with Gasteiger partial charge in [0.25, 0.3) is 0 Å². The second-order valence-corrected chi connectivity index (χ2v) is 3.38. The monoisotopic (exact) mass is 192 g/mol. The summed E-state index contributed by atoms with van der Waals surface area (Å²) in [5, 5.41) is 6.65. The second kappa shape index (κ2) is 6.57. The van der Waals surface area contributed by atoms with Gasteiger partial charge in [-0.1, -0.05) is 38.1 Å². The summed E-state index contributed by atoms with van der Waals surface area (Å²) in [5.74, 6) is 0. The highest BCUT2D eigenvalue weighted by molar-refractivity contribution is 5.23. The predicted octanol–water partition coefficient (Wildman–Crippen LogP) is 1.91. The largest absolute Gasteiger partial charge is 0.313 e. The first-order chi connectivity index (χ1) is 6.86. The average Bonchev–Trinajstić information content (AvgIpc) is 2.24. The van der Waals surface area contributed by atoms with Crippen molar-refractivity contribution < 1.29 is 0 Å². The van der Waals surface area contributed by atoms with E-state index in [1.54, 1.807) is 0 Å². The molecule has 78 valence electrons. The van der Waals surface area contributed by atoms with Crippen molar-refractivity contribution in [1.82, 2.24) is 10.6 Å². The van der Waals surface area contributed by atoms with Crippen LogP contribution in [0, 0.1) is 0 Å². The molecule has 2 N–H and O–H groups in total. The molecule has 1 rings (SSSR count). The van der Waals surface area contributed by atoms with Gasteiger partial charge in [0, 0.05) is 13.1 Å². The number of nitrogens with one attached hydrogen (secondary N) is 2. The lowest BCUT2D eigenvalue weighted by atomic mass is 10.1. The van der Waals surface area contributed by atoms with Crippen LogP contribution in [-0.4, -0.2) is 13.1 Å². The summed E-state index contributed by atoms with van der Waals surface area (Å²) in [5.41, 5.74) is 2.73. The summed E-state index contributed by atoms with van der Waals surface area (Å²) in [6.07, 6.45) is 0. The molecule has 0 fully saturated rings. The molecule has 2 heteroatoms. The maximum absolute atomic E-state index is 3.33. The van der Waals surface area contributed by atoms with Gasteiger partial charge in [-0.2, -0.15) is 0 Å². The fraction of sp³-hybridized carbons (Fsp3) is 0.500. The van der Waals surface area contributed by atoms with Gasteiger partial charge < -0.3 is 10.6 Å². The van der Waals surface area contributed by atoms with Gasteiger partial charge in [0.05, 0.1) is 0 Å². The normalized spacial score (nSPS) is 10.4. The van der Waals surface area contributed by atoms with Crippen LogP contribution in [0.15, 0.2) is 24.3 Å². The van der Waals surface area contributed by atoms with Crippen LogP contribution < -0.4 is 10.6 Å². The molecule has 14 heavy (non-hydrogen) atoms. The Morgan fingerprint density at radius 2 is 1.43 bits per heavy atom. The van der Waals surface area contributed by atoms with Crippen LogP contribution in [-0.2, 0) is 13.1 Å². The highest BCUT2D eigenvalue weighted by atomic mass is 14.8. The topological polar surface area (TPSA) is 24.1 Å². The van der Waals surface area contributed by atoms with E-state index in [-0.39, 0.29) is 0 Å². The van der Waals surface area contributed by atoms with Crippen molar-refractivity contribution in [3.63, 3.8) is 0 Å². The zero-order chi connectivity index (χ0) is 10.2. The van der Waals surface area contributed by atoms with E-state index < -0.39 is 0 Å². The number of hydrogen-bond acceptors (Lipinski definition) is 2. The summed E-state index contributed by atoms with van der Waals surface area (Å²) in [6, 6.07) is 8.71. The molecule has 0 saturated carbocycles. The summed E-state index contributed by atoms with van der Waals surface area (Å²) in [6.45, 7) is 8.24. The van der Waals surface area contributed by atoms with Crippen LogP contribution in [0.25, 0.3) is 0 Å². The van der Waals surface area contributed by atoms with E-state index >= 15 is 0 Å². The first-order valence-corrected chi connectivity index (χ1v) is 5.36. The van der Waals surface area contributed by atoms with E-state index in [2.05, 4.69) is 48.7 Å². The SMILES string of the molecule is CCNCc1cccc(CNCC)c1. The third-order valence-electron chi connectivity index (χ3n) is 2.15. The van der Waals surface area contributed by atoms with Crippen LogP contribution in [0.2, 0.25) is 0 Å². The molecule has 0 heterocycles. The van der Waals surface area contributed by atoms with Gasteiger partial charge in [0.15, 0.2) is 0 Å². The smallest absolute Gasteiger partial charge is 0.0205 e. The third-order valence-corrected chi connectivity index (χ3v) is 2.15. The Bertz CT molecular complexity index is 235. The molecule has 0 radical (unpaired) electrons. The van der Waals surface area contributed by atoms with Crippen LogP contribution >= 0.6 is 0 Å². The molecular formula is C12H20N2. The Morgan fingerprint density at radius 1 is 0.929 bits per heavy atom. The van der Waals surface area contributed by atoms with E-state index in [4.69, 9.17) is 0 Å². The van der Waals surface area contributed by atoms with Crippen LogP contribution in [0.3, 0.4) is 0 Å². The first kappa shape index (κ1) is 11.2. The zero-order valence-electron chi connectivity index (χ0n) is 9.14. The number of rotatable bonds is 6. The minimum atomic E-state index is 0.969. The fourth-order valence-electron chi connectivity index (χ4n) is 1.39. The number of benzene rings is 1. The van der Waals surface area contributed by atoms with E-state index in [9.17, 15) is 0 Å². The molecule has 0 atom stereocenters. The van der Waals surface area contributed by atoms with Crippen LogP contribution in [0.4, 0.5) is 0 Å². The van der Waals surface area contributed by atoms with Crippen LogP contribution in [0.1, 0.15) is 25.0 Å².